The number of rotatable bonds is 3. The molecule has 1 aliphatic heterocycles. The molecule has 2 unspecified atom stereocenters. The molecule has 0 aliphatic carbocycles. The second-order valence-corrected chi connectivity index (χ2v) is 5.22. The lowest BCUT2D eigenvalue weighted by atomic mass is 9.92. The topological polar surface area (TPSA) is 38.8 Å². The standard InChI is InChI=1S/C15H20FNO3/c1-15(19-2)8-9-17(10-13(15)16)14(18)20-11-12-6-4-3-5-7-12/h3-7,13H,8-11H2,1-2H3. The van der Waals surface area contributed by atoms with Gasteiger partial charge >= 0.3 is 6.09 Å². The lowest BCUT2D eigenvalue weighted by molar-refractivity contribution is -0.0949. The highest BCUT2D eigenvalue weighted by Crippen LogP contribution is 2.28. The van der Waals surface area contributed by atoms with E-state index >= 15 is 0 Å². The number of carbonyl (C=O) groups is 1. The molecule has 1 aromatic carbocycles. The van der Waals surface area contributed by atoms with Gasteiger partial charge in [-0.2, -0.15) is 0 Å². The molecule has 0 aromatic heterocycles. The van der Waals surface area contributed by atoms with E-state index < -0.39 is 17.9 Å². The molecule has 2 rings (SSSR count). The van der Waals surface area contributed by atoms with Crippen molar-refractivity contribution in [3.63, 3.8) is 0 Å². The molecule has 0 saturated carbocycles. The quantitative estimate of drug-likeness (QED) is 0.855. The maximum absolute atomic E-state index is 14.0. The number of ether oxygens (including phenoxy) is 2. The Morgan fingerprint density at radius 2 is 2.15 bits per heavy atom. The Hall–Kier alpha value is -1.62. The summed E-state index contributed by atoms with van der Waals surface area (Å²) in [5.41, 5.74) is 0.104. The van der Waals surface area contributed by atoms with Crippen LogP contribution in [-0.4, -0.2) is 43.0 Å². The van der Waals surface area contributed by atoms with Gasteiger partial charge in [-0.05, 0) is 18.9 Å². The molecule has 0 N–H and O–H groups in total. The molecular formula is C15H20FNO3. The molecule has 0 spiro atoms. The monoisotopic (exact) mass is 281 g/mol. The molecule has 1 aromatic rings. The second-order valence-electron chi connectivity index (χ2n) is 5.22. The molecule has 1 fully saturated rings. The highest BCUT2D eigenvalue weighted by atomic mass is 19.1. The lowest BCUT2D eigenvalue weighted by Crippen LogP contribution is -2.54. The average Bonchev–Trinajstić information content (AvgIpc) is 2.48. The zero-order valence-corrected chi connectivity index (χ0v) is 11.8. The first-order valence-electron chi connectivity index (χ1n) is 6.70. The van der Waals surface area contributed by atoms with E-state index in [-0.39, 0.29) is 13.2 Å². The van der Waals surface area contributed by atoms with Crippen molar-refractivity contribution in [2.45, 2.75) is 31.7 Å². The van der Waals surface area contributed by atoms with Crippen molar-refractivity contribution in [3.8, 4) is 0 Å². The van der Waals surface area contributed by atoms with Gasteiger partial charge in [-0.1, -0.05) is 30.3 Å². The van der Waals surface area contributed by atoms with Crippen molar-refractivity contribution >= 4 is 6.09 Å². The predicted molar refractivity (Wildman–Crippen MR) is 73.1 cm³/mol. The number of alkyl halides is 1. The van der Waals surface area contributed by atoms with Gasteiger partial charge in [0.05, 0.1) is 12.1 Å². The number of piperidine rings is 1. The lowest BCUT2D eigenvalue weighted by Gasteiger charge is -2.40. The molecular weight excluding hydrogens is 261 g/mol. The number of nitrogens with zero attached hydrogens (tertiary/aromatic N) is 1. The van der Waals surface area contributed by atoms with E-state index in [0.29, 0.717) is 13.0 Å². The van der Waals surface area contributed by atoms with E-state index in [1.165, 1.54) is 12.0 Å². The van der Waals surface area contributed by atoms with Crippen LogP contribution in [0.25, 0.3) is 0 Å². The molecule has 2 atom stereocenters. The number of methoxy groups -OCH3 is 1. The summed E-state index contributed by atoms with van der Waals surface area (Å²) in [6.45, 7) is 2.38. The maximum atomic E-state index is 14.0. The fourth-order valence-electron chi connectivity index (χ4n) is 2.20. The minimum absolute atomic E-state index is 0.0119. The van der Waals surface area contributed by atoms with E-state index in [9.17, 15) is 9.18 Å². The van der Waals surface area contributed by atoms with E-state index in [4.69, 9.17) is 9.47 Å². The maximum Gasteiger partial charge on any atom is 0.410 e. The van der Waals surface area contributed by atoms with Gasteiger partial charge < -0.3 is 14.4 Å². The summed E-state index contributed by atoms with van der Waals surface area (Å²) >= 11 is 0. The summed E-state index contributed by atoms with van der Waals surface area (Å²) in [4.78, 5) is 13.3. The summed E-state index contributed by atoms with van der Waals surface area (Å²) in [6, 6.07) is 9.42. The van der Waals surface area contributed by atoms with Crippen molar-refractivity contribution in [1.29, 1.82) is 0 Å². The highest BCUT2D eigenvalue weighted by Gasteiger charge is 2.41. The molecule has 5 heteroatoms. The van der Waals surface area contributed by atoms with E-state index in [0.717, 1.165) is 5.56 Å². The van der Waals surface area contributed by atoms with Gasteiger partial charge in [0.1, 0.15) is 12.8 Å². The van der Waals surface area contributed by atoms with Crippen LogP contribution in [0.1, 0.15) is 18.9 Å². The third kappa shape index (κ3) is 3.28. The first-order valence-corrected chi connectivity index (χ1v) is 6.70. The van der Waals surface area contributed by atoms with Crippen LogP contribution in [-0.2, 0) is 16.1 Å². The predicted octanol–water partition coefficient (Wildman–Crippen LogP) is 2.77. The fraction of sp³-hybridized carbons (Fsp3) is 0.533. The van der Waals surface area contributed by atoms with Gasteiger partial charge in [0, 0.05) is 13.7 Å². The van der Waals surface area contributed by atoms with Crippen LogP contribution in [0.4, 0.5) is 9.18 Å². The van der Waals surface area contributed by atoms with Gasteiger partial charge in [0.15, 0.2) is 0 Å². The van der Waals surface area contributed by atoms with Crippen molar-refractivity contribution in [1.82, 2.24) is 4.90 Å². The number of likely N-dealkylation sites (tertiary alicyclic amines) is 1. The van der Waals surface area contributed by atoms with Crippen LogP contribution in [0.2, 0.25) is 0 Å². The molecule has 1 amide bonds. The zero-order valence-electron chi connectivity index (χ0n) is 11.8. The Kier molecular flexibility index (Phi) is 4.60. The number of hydrogen-bond donors (Lipinski definition) is 0. The molecule has 110 valence electrons. The summed E-state index contributed by atoms with van der Waals surface area (Å²) < 4.78 is 24.4. The van der Waals surface area contributed by atoms with Gasteiger partial charge in [0.2, 0.25) is 0 Å². The summed E-state index contributed by atoms with van der Waals surface area (Å²) in [5.74, 6) is 0. The van der Waals surface area contributed by atoms with Crippen LogP contribution in [0.15, 0.2) is 30.3 Å². The van der Waals surface area contributed by atoms with Crippen molar-refractivity contribution < 1.29 is 18.7 Å². The van der Waals surface area contributed by atoms with E-state index in [2.05, 4.69) is 0 Å². The van der Waals surface area contributed by atoms with Crippen LogP contribution in [0.5, 0.6) is 0 Å². The minimum atomic E-state index is -1.20. The first kappa shape index (κ1) is 14.8. The van der Waals surface area contributed by atoms with E-state index in [1.807, 2.05) is 30.3 Å². The summed E-state index contributed by atoms with van der Waals surface area (Å²) in [6.07, 6.45) is -1.22. The number of carbonyl (C=O) groups excluding carboxylic acids is 1. The van der Waals surface area contributed by atoms with Crippen molar-refractivity contribution in [2.24, 2.45) is 0 Å². The Bertz CT molecular complexity index is 454. The third-order valence-electron chi connectivity index (χ3n) is 3.85. The molecule has 1 heterocycles. The highest BCUT2D eigenvalue weighted by molar-refractivity contribution is 5.67. The smallest absolute Gasteiger partial charge is 0.410 e. The largest absolute Gasteiger partial charge is 0.445 e. The van der Waals surface area contributed by atoms with Crippen LogP contribution < -0.4 is 0 Å². The Morgan fingerprint density at radius 3 is 2.75 bits per heavy atom. The Balaban J connectivity index is 1.85. The SMILES string of the molecule is COC1(C)CCN(C(=O)OCc2ccccc2)CC1F. The van der Waals surface area contributed by atoms with Gasteiger partial charge in [-0.3, -0.25) is 0 Å². The number of hydrogen-bond acceptors (Lipinski definition) is 3. The number of benzene rings is 1. The summed E-state index contributed by atoms with van der Waals surface area (Å²) in [5, 5.41) is 0. The number of halogens is 1. The molecule has 1 saturated heterocycles. The third-order valence-corrected chi connectivity index (χ3v) is 3.85. The van der Waals surface area contributed by atoms with E-state index in [1.54, 1.807) is 6.92 Å². The fourth-order valence-corrected chi connectivity index (χ4v) is 2.20. The van der Waals surface area contributed by atoms with Gasteiger partial charge in [-0.15, -0.1) is 0 Å². The molecule has 0 bridgehead atoms. The Labute approximate surface area is 118 Å². The zero-order chi connectivity index (χ0) is 14.6. The second kappa shape index (κ2) is 6.22. The normalized spacial score (nSPS) is 26.4. The van der Waals surface area contributed by atoms with Gasteiger partial charge in [-0.25, -0.2) is 9.18 Å². The van der Waals surface area contributed by atoms with Crippen molar-refractivity contribution in [3.05, 3.63) is 35.9 Å². The molecule has 1 aliphatic rings. The summed E-state index contributed by atoms with van der Waals surface area (Å²) in [7, 11) is 1.50. The molecule has 0 radical (unpaired) electrons. The van der Waals surface area contributed by atoms with Crippen LogP contribution in [0, 0.1) is 0 Å². The molecule has 20 heavy (non-hydrogen) atoms. The first-order chi connectivity index (χ1) is 9.55. The van der Waals surface area contributed by atoms with Gasteiger partial charge in [0.25, 0.3) is 0 Å². The molecule has 4 nitrogen and oxygen atoms in total. The Morgan fingerprint density at radius 1 is 1.45 bits per heavy atom. The van der Waals surface area contributed by atoms with Crippen LogP contribution in [0.3, 0.4) is 0 Å². The van der Waals surface area contributed by atoms with Crippen LogP contribution >= 0.6 is 0 Å². The minimum Gasteiger partial charge on any atom is -0.445 e. The number of amides is 1. The van der Waals surface area contributed by atoms with Crippen molar-refractivity contribution in [2.75, 3.05) is 20.2 Å². The average molecular weight is 281 g/mol.